The molecule has 6 heteroatoms. The second-order valence-corrected chi connectivity index (χ2v) is 7.59. The van der Waals surface area contributed by atoms with Gasteiger partial charge in [-0.25, -0.2) is 0 Å². The molecule has 31 heavy (non-hydrogen) atoms. The number of rotatable bonds is 6. The molecule has 1 fully saturated rings. The number of carbonyl (C=O) groups is 1. The van der Waals surface area contributed by atoms with Gasteiger partial charge in [0.25, 0.3) is 0 Å². The Hall–Kier alpha value is -3.60. The number of ether oxygens (including phenoxy) is 1. The normalized spacial score (nSPS) is 18.9. The van der Waals surface area contributed by atoms with Gasteiger partial charge < -0.3 is 4.74 Å². The van der Waals surface area contributed by atoms with E-state index in [4.69, 9.17) is 10.3 Å². The number of hydrogen-bond donors (Lipinski definition) is 0. The highest BCUT2D eigenvalue weighted by molar-refractivity contribution is 5.77. The lowest BCUT2D eigenvalue weighted by molar-refractivity contribution is -0.147. The summed E-state index contributed by atoms with van der Waals surface area (Å²) >= 11 is 0. The number of carbonyl (C=O) groups excluding carboxylic acids is 1. The van der Waals surface area contributed by atoms with Crippen LogP contribution >= 0.6 is 0 Å². The maximum Gasteiger partial charge on any atom is 0.323 e. The molecule has 0 spiro atoms. The molecule has 0 N–H and O–H groups in total. The maximum atomic E-state index is 12.9. The minimum absolute atomic E-state index is 0.329. The molecule has 3 aromatic carbocycles. The lowest BCUT2D eigenvalue weighted by Crippen LogP contribution is -2.53. The SMILES string of the molecule is COC(=O)[C@H]1CC(N=[N+]=[N-])CN1C(c1ccccc1)(c1ccccc1)c1ccccc1. The summed E-state index contributed by atoms with van der Waals surface area (Å²) in [4.78, 5) is 18.1. The molecule has 1 aliphatic heterocycles. The lowest BCUT2D eigenvalue weighted by atomic mass is 9.75. The average molecular weight is 412 g/mol. The third kappa shape index (κ3) is 3.67. The molecular formula is C25H24N4O2. The van der Waals surface area contributed by atoms with Gasteiger partial charge in [-0.3, -0.25) is 9.69 Å². The van der Waals surface area contributed by atoms with E-state index in [2.05, 4.69) is 51.3 Å². The highest BCUT2D eigenvalue weighted by Gasteiger charge is 2.51. The van der Waals surface area contributed by atoms with Gasteiger partial charge in [0.1, 0.15) is 6.04 Å². The quantitative estimate of drug-likeness (QED) is 0.190. The maximum absolute atomic E-state index is 12.9. The molecule has 2 atom stereocenters. The molecule has 1 saturated heterocycles. The zero-order valence-corrected chi connectivity index (χ0v) is 17.3. The zero-order chi connectivity index (χ0) is 21.7. The molecule has 4 rings (SSSR count). The Morgan fingerprint density at radius 1 is 0.935 bits per heavy atom. The minimum atomic E-state index is -0.762. The average Bonchev–Trinajstić information content (AvgIpc) is 3.25. The monoisotopic (exact) mass is 412 g/mol. The fraction of sp³-hybridized carbons (Fsp3) is 0.240. The van der Waals surface area contributed by atoms with Crippen molar-refractivity contribution in [1.29, 1.82) is 0 Å². The molecule has 3 aromatic rings. The van der Waals surface area contributed by atoms with Crippen LogP contribution in [0.2, 0.25) is 0 Å². The lowest BCUT2D eigenvalue weighted by Gasteiger charge is -2.46. The number of esters is 1. The molecule has 0 bridgehead atoms. The van der Waals surface area contributed by atoms with Crippen molar-refractivity contribution in [3.05, 3.63) is 118 Å². The summed E-state index contributed by atoms with van der Waals surface area (Å²) in [5.74, 6) is -0.331. The Bertz CT molecular complexity index is 970. The Morgan fingerprint density at radius 2 is 1.39 bits per heavy atom. The van der Waals surface area contributed by atoms with E-state index < -0.39 is 11.6 Å². The third-order valence-electron chi connectivity index (χ3n) is 5.97. The largest absolute Gasteiger partial charge is 0.468 e. The van der Waals surface area contributed by atoms with E-state index in [-0.39, 0.29) is 12.0 Å². The van der Waals surface area contributed by atoms with E-state index in [0.717, 1.165) is 16.7 Å². The third-order valence-corrected chi connectivity index (χ3v) is 5.97. The second-order valence-electron chi connectivity index (χ2n) is 7.59. The van der Waals surface area contributed by atoms with Crippen molar-refractivity contribution in [2.24, 2.45) is 5.11 Å². The first-order chi connectivity index (χ1) is 15.2. The van der Waals surface area contributed by atoms with Gasteiger partial charge in [0.05, 0.1) is 18.7 Å². The van der Waals surface area contributed by atoms with Gasteiger partial charge in [0, 0.05) is 11.5 Å². The van der Waals surface area contributed by atoms with E-state index in [1.54, 1.807) is 0 Å². The summed E-state index contributed by atoms with van der Waals surface area (Å²) in [5, 5.41) is 3.97. The second kappa shape index (κ2) is 9.04. The molecule has 156 valence electrons. The first-order valence-electron chi connectivity index (χ1n) is 10.3. The fourth-order valence-corrected chi connectivity index (χ4v) is 4.74. The molecule has 0 aromatic heterocycles. The summed E-state index contributed by atoms with van der Waals surface area (Å²) in [6.45, 7) is 0.433. The number of azide groups is 1. The molecule has 0 radical (unpaired) electrons. The van der Waals surface area contributed by atoms with Crippen LogP contribution in [0.25, 0.3) is 10.4 Å². The van der Waals surface area contributed by atoms with Crippen LogP contribution in [0.3, 0.4) is 0 Å². The van der Waals surface area contributed by atoms with E-state index in [1.165, 1.54) is 7.11 Å². The Labute approximate surface area is 181 Å². The van der Waals surface area contributed by atoms with Crippen LogP contribution in [0, 0.1) is 0 Å². The van der Waals surface area contributed by atoms with Crippen LogP contribution in [0.5, 0.6) is 0 Å². The van der Waals surface area contributed by atoms with Crippen LogP contribution in [0.4, 0.5) is 0 Å². The van der Waals surface area contributed by atoms with Gasteiger partial charge in [-0.15, -0.1) is 0 Å². The summed E-state index contributed by atoms with van der Waals surface area (Å²) in [6.07, 6.45) is 0.408. The van der Waals surface area contributed by atoms with Crippen molar-refractivity contribution in [2.75, 3.05) is 13.7 Å². The molecular weight excluding hydrogens is 388 g/mol. The Morgan fingerprint density at radius 3 is 1.77 bits per heavy atom. The van der Waals surface area contributed by atoms with Gasteiger partial charge in [0.15, 0.2) is 0 Å². The number of nitrogens with zero attached hydrogens (tertiary/aromatic N) is 4. The summed E-state index contributed by atoms with van der Waals surface area (Å²) in [6, 6.07) is 29.6. The smallest absolute Gasteiger partial charge is 0.323 e. The first kappa shape index (κ1) is 20.7. The Kier molecular flexibility index (Phi) is 6.03. The van der Waals surface area contributed by atoms with Crippen LogP contribution in [-0.2, 0) is 15.1 Å². The highest BCUT2D eigenvalue weighted by Crippen LogP contribution is 2.46. The predicted molar refractivity (Wildman–Crippen MR) is 119 cm³/mol. The van der Waals surface area contributed by atoms with Crippen LogP contribution in [0.1, 0.15) is 23.1 Å². The molecule has 0 amide bonds. The van der Waals surface area contributed by atoms with Crippen LogP contribution in [-0.4, -0.2) is 36.6 Å². The number of benzene rings is 3. The predicted octanol–water partition coefficient (Wildman–Crippen LogP) is 4.90. The van der Waals surface area contributed by atoms with Crippen LogP contribution < -0.4 is 0 Å². The van der Waals surface area contributed by atoms with E-state index in [1.807, 2.05) is 54.6 Å². The van der Waals surface area contributed by atoms with E-state index in [0.29, 0.717) is 13.0 Å². The number of hydrogen-bond acceptors (Lipinski definition) is 4. The number of likely N-dealkylation sites (tertiary alicyclic amines) is 1. The van der Waals surface area contributed by atoms with Crippen molar-refractivity contribution >= 4 is 5.97 Å². The summed E-state index contributed by atoms with van der Waals surface area (Å²) in [5.41, 5.74) is 11.4. The number of methoxy groups -OCH3 is 1. The van der Waals surface area contributed by atoms with Crippen molar-refractivity contribution < 1.29 is 9.53 Å². The first-order valence-corrected chi connectivity index (χ1v) is 10.3. The van der Waals surface area contributed by atoms with Gasteiger partial charge in [-0.2, -0.15) is 0 Å². The molecule has 1 aliphatic rings. The molecule has 6 nitrogen and oxygen atoms in total. The van der Waals surface area contributed by atoms with Gasteiger partial charge in [-0.05, 0) is 28.6 Å². The fourth-order valence-electron chi connectivity index (χ4n) is 4.74. The van der Waals surface area contributed by atoms with E-state index in [9.17, 15) is 4.79 Å². The van der Waals surface area contributed by atoms with Gasteiger partial charge in [-0.1, -0.05) is 96.1 Å². The molecule has 0 saturated carbocycles. The summed E-state index contributed by atoms with van der Waals surface area (Å²) in [7, 11) is 1.40. The van der Waals surface area contributed by atoms with E-state index >= 15 is 0 Å². The standard InChI is InChI=1S/C25H24N4O2/c1-31-24(30)23-17-22(27-28-26)18-29(23)25(19-11-5-2-6-12-19,20-13-7-3-8-14-20)21-15-9-4-10-16-21/h2-16,22-23H,17-18H2,1H3/t22?,23-/m1/s1. The Balaban J connectivity index is 2.04. The molecule has 1 unspecified atom stereocenters. The van der Waals surface area contributed by atoms with Gasteiger partial charge >= 0.3 is 5.97 Å². The van der Waals surface area contributed by atoms with Gasteiger partial charge in [0.2, 0.25) is 0 Å². The zero-order valence-electron chi connectivity index (χ0n) is 17.3. The van der Waals surface area contributed by atoms with Crippen molar-refractivity contribution in [3.63, 3.8) is 0 Å². The van der Waals surface area contributed by atoms with Crippen LogP contribution in [0.15, 0.2) is 96.1 Å². The molecule has 1 heterocycles. The topological polar surface area (TPSA) is 78.3 Å². The summed E-state index contributed by atoms with van der Waals surface area (Å²) < 4.78 is 5.18. The van der Waals surface area contributed by atoms with Crippen molar-refractivity contribution in [1.82, 2.24) is 4.90 Å². The molecule has 0 aliphatic carbocycles. The van der Waals surface area contributed by atoms with Crippen molar-refractivity contribution in [3.8, 4) is 0 Å². The minimum Gasteiger partial charge on any atom is -0.468 e. The highest BCUT2D eigenvalue weighted by atomic mass is 16.5. The van der Waals surface area contributed by atoms with Crippen molar-refractivity contribution in [2.45, 2.75) is 24.0 Å².